The van der Waals surface area contributed by atoms with Crippen LogP contribution in [0.1, 0.15) is 71.7 Å². The van der Waals surface area contributed by atoms with Gasteiger partial charge in [0.2, 0.25) is 23.6 Å². The van der Waals surface area contributed by atoms with Crippen LogP contribution < -0.4 is 4.74 Å². The highest BCUT2D eigenvalue weighted by molar-refractivity contribution is 5.96. The van der Waals surface area contributed by atoms with Gasteiger partial charge in [-0.3, -0.25) is 34.1 Å². The largest absolute Gasteiger partial charge is 0.469 e. The van der Waals surface area contributed by atoms with Gasteiger partial charge in [0.25, 0.3) is 17.7 Å². The number of amides is 6. The highest BCUT2D eigenvalue weighted by atomic mass is 16.7. The second kappa shape index (κ2) is 49.4. The molecule has 8 aromatic rings. The molecule has 12 heterocycles. The zero-order valence-electron chi connectivity index (χ0n) is 79.7. The molecule has 0 spiro atoms. The van der Waals surface area contributed by atoms with E-state index in [0.29, 0.717) is 73.4 Å². The van der Waals surface area contributed by atoms with E-state index in [-0.39, 0.29) is 67.1 Å². The fourth-order valence-corrected chi connectivity index (χ4v) is 16.7. The predicted octanol–water partition coefficient (Wildman–Crippen LogP) is 15.7. The van der Waals surface area contributed by atoms with Crippen LogP contribution in [0.4, 0.5) is 24.0 Å². The average molecular weight is 1960 g/mol. The lowest BCUT2D eigenvalue weighted by atomic mass is 9.93. The molecule has 144 heavy (non-hydrogen) atoms. The number of methoxy groups -OCH3 is 5. The van der Waals surface area contributed by atoms with Crippen LogP contribution in [0.5, 0.6) is 5.75 Å². The van der Waals surface area contributed by atoms with Crippen molar-refractivity contribution in [1.29, 1.82) is 0 Å². The molecule has 0 saturated carbocycles. The molecular weight excluding hydrogens is 1850 g/mol. The monoisotopic (exact) mass is 1960 g/mol. The molecule has 0 N–H and O–H groups in total. The number of benzene rings is 8. The van der Waals surface area contributed by atoms with Crippen LogP contribution in [0.25, 0.3) is 0 Å². The Bertz CT molecular complexity index is 6120. The first kappa shape index (κ1) is 101. The van der Waals surface area contributed by atoms with Gasteiger partial charge in [0.15, 0.2) is 73.2 Å². The summed E-state index contributed by atoms with van der Waals surface area (Å²) in [5.74, 6) is 2.68. The van der Waals surface area contributed by atoms with Crippen molar-refractivity contribution >= 4 is 77.7 Å². The van der Waals surface area contributed by atoms with Gasteiger partial charge in [0.05, 0.1) is 85.9 Å². The summed E-state index contributed by atoms with van der Waals surface area (Å²) in [4.78, 5) is 126. The molecule has 17 atom stereocenters. The maximum atomic E-state index is 12.2. The van der Waals surface area contributed by atoms with E-state index >= 15 is 0 Å². The van der Waals surface area contributed by atoms with E-state index in [0.717, 1.165) is 38.9 Å². The van der Waals surface area contributed by atoms with Gasteiger partial charge in [0.1, 0.15) is 17.8 Å². The summed E-state index contributed by atoms with van der Waals surface area (Å²) in [5.41, 5.74) is 6.68. The Morgan fingerprint density at radius 2 is 0.722 bits per heavy atom. The maximum absolute atomic E-state index is 12.2. The van der Waals surface area contributed by atoms with E-state index in [2.05, 4.69) is 44.1 Å². The van der Waals surface area contributed by atoms with Gasteiger partial charge in [-0.1, -0.05) is 222 Å². The summed E-state index contributed by atoms with van der Waals surface area (Å²) < 4.78 is 64.8. The average Bonchev–Trinajstić information content (AvgIpc) is 0.769. The van der Waals surface area contributed by atoms with Gasteiger partial charge < -0.3 is 90.8 Å². The van der Waals surface area contributed by atoms with Crippen molar-refractivity contribution in [2.75, 3.05) is 42.1 Å². The molecular formula is C107H108N12O25. The van der Waals surface area contributed by atoms with Crippen molar-refractivity contribution in [3.8, 4) is 5.75 Å². The molecule has 37 heteroatoms. The van der Waals surface area contributed by atoms with Crippen molar-refractivity contribution in [2.24, 2.45) is 30.9 Å². The van der Waals surface area contributed by atoms with Crippen molar-refractivity contribution in [3.63, 3.8) is 0 Å². The summed E-state index contributed by atoms with van der Waals surface area (Å²) in [6.07, 6.45) is 19.3. The first-order valence-electron chi connectivity index (χ1n) is 46.2. The minimum Gasteiger partial charge on any atom is -0.469 e. The Hall–Kier alpha value is -17.4. The van der Waals surface area contributed by atoms with Crippen LogP contribution in [0.15, 0.2) is 373 Å². The van der Waals surface area contributed by atoms with Gasteiger partial charge in [-0.15, -0.1) is 13.2 Å². The predicted molar refractivity (Wildman–Crippen MR) is 525 cm³/mol. The van der Waals surface area contributed by atoms with Gasteiger partial charge in [0, 0.05) is 60.8 Å². The molecule has 0 aromatic heterocycles. The summed E-state index contributed by atoms with van der Waals surface area (Å²) in [6, 6.07) is 75.0. The lowest BCUT2D eigenvalue weighted by Gasteiger charge is -2.41. The zero-order valence-corrected chi connectivity index (χ0v) is 79.7. The van der Waals surface area contributed by atoms with Crippen molar-refractivity contribution in [1.82, 2.24) is 29.4 Å². The fraction of sp³-hybridized carbons (Fsp3) is 0.280. The van der Waals surface area contributed by atoms with Crippen LogP contribution in [0, 0.1) is 0 Å². The number of para-hydroxylation sites is 1. The molecule has 0 aliphatic carbocycles. The third kappa shape index (κ3) is 25.4. The lowest BCUT2D eigenvalue weighted by molar-refractivity contribution is -0.149. The Morgan fingerprint density at radius 1 is 0.361 bits per heavy atom. The van der Waals surface area contributed by atoms with Crippen LogP contribution in [-0.2, 0) is 110 Å². The van der Waals surface area contributed by atoms with E-state index in [1.165, 1.54) is 71.9 Å². The molecule has 746 valence electrons. The number of fused-ring (bicyclic) bond motifs is 6. The topological polar surface area (TPSA) is 379 Å². The van der Waals surface area contributed by atoms with Crippen LogP contribution in [0.2, 0.25) is 0 Å². The third-order valence-corrected chi connectivity index (χ3v) is 24.0. The molecule has 0 saturated heterocycles. The standard InChI is InChI=1S/C20H18N2O4.C19H16N2O4.C18H20N2O4.C17H18N2O5.C17H18N2O4.C16H18N2O4/c1-24-20(23)22-13-12-16-18(17(22)14-8-4-2-5-9-14)26-21-19(25-16)15-10-6-3-7-11-15;22-19(23-15-9-5-2-6-10-15)21-12-11-16-17(13-21)25-20-18(24-16)14-7-3-1-4-8-14;1-3-7-14-17-15(10-11-20(14)18(21)22-2)23-16(19-24-17)12-13-8-5-4-6-9-13;1-11(20)19-9-8-14-16(13(19)10-15(21)22-2)24-18-17(23-14)12-6-4-3-5-7-12;1-3-13-16-14(9-10-19(13)17(20)21-2)22-15(18-23-16)11-12-7-5-4-6-8-12;1-11-15-13(8-9-18(11)16(19)20-2)21-14(17-22-15)10-12-6-4-3-5-7-12/h2-13,16-18H,1H3;1-12,16-17H,13H2;3-6,8-11,14-15,17H,1,7,12H2,2H3;3-9,13-14,16H,10H2,1-2H3;3-10,13-14,16H,1,11H2,2H3;3-9,11,13,15H,10H2,1-2H3/t16?,17-,18+;16?,17-;14-,15?,17-;2*13-,14?,16-;11-,13?,15-/m000000/s1. The van der Waals surface area contributed by atoms with Crippen molar-refractivity contribution in [3.05, 3.63) is 381 Å². The van der Waals surface area contributed by atoms with E-state index in [1.54, 1.807) is 97.9 Å². The molecule has 8 aromatic carbocycles. The minimum absolute atomic E-state index is 0.00113. The lowest BCUT2D eigenvalue weighted by Crippen LogP contribution is -2.55. The van der Waals surface area contributed by atoms with Gasteiger partial charge in [-0.05, 0) is 136 Å². The number of nitrogens with zero attached hydrogens (tertiary/aromatic N) is 12. The Kier molecular flexibility index (Phi) is 34.7. The number of ether oxygens (including phenoxy) is 12. The molecule has 0 fully saturated rings. The molecule has 12 aliphatic heterocycles. The number of rotatable bonds is 16. The van der Waals surface area contributed by atoms with E-state index in [4.69, 9.17) is 85.9 Å². The number of hydrogen-bond donors (Lipinski definition) is 0. The fourth-order valence-electron chi connectivity index (χ4n) is 16.7. The van der Waals surface area contributed by atoms with Crippen LogP contribution in [-0.4, -0.2) is 247 Å². The first-order chi connectivity index (χ1) is 70.3. The number of oxime groups is 6. The maximum Gasteiger partial charge on any atom is 0.419 e. The molecule has 20 rings (SSSR count). The number of carbonyl (C=O) groups is 7. The molecule has 6 unspecified atom stereocenters. The SMILES string of the molecule is C=CC[C@H]1[C@@H]2ON=C(Cc3ccccc3)OC2C=CN1C(=O)OC.C=C[C@H]1[C@@H]2ON=C(Cc3ccccc3)OC2C=CN1C(=O)OC.COC(=O)C[C@H]1[C@@H]2ON=C(c3ccccc3)OC2C=CN1C(C)=O.COC(=O)N1C=CC2OC(Cc3ccccc3)=NO[C@H]2[C@@H]1C.COC(=O)N1C=CC2OC(c3ccccc3)=NO[C@H]2[C@@H]1c1ccccc1.O=C(Oc1ccccc1)N1C=CC2OC(c3ccccc3)=NO[C@H]2C1. The first-order valence-corrected chi connectivity index (χ1v) is 46.2. The Labute approximate surface area is 831 Å². The molecule has 0 bridgehead atoms. The van der Waals surface area contributed by atoms with E-state index < -0.39 is 85.1 Å². The third-order valence-electron chi connectivity index (χ3n) is 24.0. The number of hydrogen-bond acceptors (Lipinski definition) is 31. The highest BCUT2D eigenvalue weighted by Crippen LogP contribution is 2.39. The second-order valence-electron chi connectivity index (χ2n) is 33.3. The quantitative estimate of drug-likeness (QED) is 0.0492. The summed E-state index contributed by atoms with van der Waals surface area (Å²) in [5, 5.41) is 24.5. The van der Waals surface area contributed by atoms with Gasteiger partial charge in [-0.25, -0.2) is 24.0 Å². The minimum atomic E-state index is -0.578. The second-order valence-corrected chi connectivity index (χ2v) is 33.3. The van der Waals surface area contributed by atoms with Gasteiger partial charge in [-0.2, -0.15) is 0 Å². The zero-order chi connectivity index (χ0) is 101. The van der Waals surface area contributed by atoms with E-state index in [1.807, 2.05) is 237 Å². The van der Waals surface area contributed by atoms with Crippen molar-refractivity contribution in [2.45, 2.75) is 149 Å². The Morgan fingerprint density at radius 3 is 1.20 bits per heavy atom. The Balaban J connectivity index is 0.000000130. The molecule has 0 radical (unpaired) electrons. The molecule has 12 aliphatic rings. The smallest absolute Gasteiger partial charge is 0.419 e. The molecule has 6 amide bonds. The molecule has 37 nitrogen and oxygen atoms in total. The normalized spacial score (nSPS) is 24.5. The summed E-state index contributed by atoms with van der Waals surface area (Å²) in [7, 11) is 6.69. The van der Waals surface area contributed by atoms with Crippen molar-refractivity contribution < 1.29 is 119 Å². The van der Waals surface area contributed by atoms with Crippen LogP contribution >= 0.6 is 0 Å². The highest BCUT2D eigenvalue weighted by Gasteiger charge is 2.49. The van der Waals surface area contributed by atoms with E-state index in [9.17, 15) is 33.6 Å². The van der Waals surface area contributed by atoms with Crippen LogP contribution in [0.3, 0.4) is 0 Å². The van der Waals surface area contributed by atoms with Gasteiger partial charge >= 0.3 is 36.4 Å². The summed E-state index contributed by atoms with van der Waals surface area (Å²) in [6.45, 7) is 11.1. The number of esters is 1. The number of carbonyl (C=O) groups excluding carboxylic acids is 7. The summed E-state index contributed by atoms with van der Waals surface area (Å²) >= 11 is 0.